The molecule has 2 N–H and O–H groups in total. The minimum atomic E-state index is -1.19. The average Bonchev–Trinajstić information content (AvgIpc) is 1.38. The molecule has 0 unspecified atom stereocenters. The minimum Gasteiger partial charge on any atom is -0.480 e. The fraction of sp³-hybridized carbons (Fsp3) is 0.500. The summed E-state index contributed by atoms with van der Waals surface area (Å²) >= 11 is 0. The van der Waals surface area contributed by atoms with E-state index in [9.17, 15) is 0 Å². The first kappa shape index (κ1) is 9.73. The third-order valence-electron chi connectivity index (χ3n) is 0.135. The Bertz CT molecular complexity index is 44.1. The van der Waals surface area contributed by atoms with Crippen molar-refractivity contribution in [3.8, 4) is 0 Å². The Kier molecular flexibility index (Phi) is 8.98. The maximum absolute atomic E-state index is 9.12. The zero-order chi connectivity index (χ0) is 4.28. The summed E-state index contributed by atoms with van der Waals surface area (Å²) in [5, 5.41) is 15.0. The number of carboxylic acid groups (broad SMARTS) is 1. The Balaban J connectivity index is 0. The van der Waals surface area contributed by atoms with Crippen LogP contribution in [0.3, 0.4) is 0 Å². The van der Waals surface area contributed by atoms with Crippen molar-refractivity contribution in [3.05, 3.63) is 0 Å². The average molecular weight is 165 g/mol. The summed E-state index contributed by atoms with van der Waals surface area (Å²) in [6.45, 7) is -0.778. The summed E-state index contributed by atoms with van der Waals surface area (Å²) in [5.74, 6) is -1.19. The van der Waals surface area contributed by atoms with Crippen LogP contribution in [0.1, 0.15) is 0 Å². The van der Waals surface area contributed by atoms with Gasteiger partial charge in [-0.05, 0) is 0 Å². The summed E-state index contributed by atoms with van der Waals surface area (Å²) < 4.78 is 0. The molecule has 0 bridgehead atoms. The van der Waals surface area contributed by atoms with E-state index >= 15 is 0 Å². The number of carbonyl (C=O) groups is 1. The predicted octanol–water partition coefficient (Wildman–Crippen LogP) is -0.939. The van der Waals surface area contributed by atoms with Crippen molar-refractivity contribution >= 4 is 5.97 Å². The third kappa shape index (κ3) is 8.82. The molecule has 0 aromatic carbocycles. The molecule has 0 saturated heterocycles. The van der Waals surface area contributed by atoms with Crippen molar-refractivity contribution in [2.45, 2.75) is 0 Å². The molecular weight excluding hydrogens is 161 g/mol. The zero-order valence-electron chi connectivity index (χ0n) is 3.09. The number of carboxylic acids is 1. The van der Waals surface area contributed by atoms with E-state index < -0.39 is 12.6 Å². The van der Waals surface area contributed by atoms with Crippen LogP contribution in [-0.2, 0) is 37.5 Å². The smallest absolute Gasteiger partial charge is 0.329 e. The Morgan fingerprint density at radius 2 is 1.83 bits per heavy atom. The summed E-state index contributed by atoms with van der Waals surface area (Å²) in [6.07, 6.45) is 0. The van der Waals surface area contributed by atoms with Crippen LogP contribution in [0.2, 0.25) is 0 Å². The molecule has 0 fully saturated rings. The van der Waals surface area contributed by atoms with Crippen molar-refractivity contribution in [2.24, 2.45) is 0 Å². The molecule has 0 saturated carbocycles. The predicted molar refractivity (Wildman–Crippen MR) is 14.7 cm³/mol. The first-order valence-electron chi connectivity index (χ1n) is 1.10. The van der Waals surface area contributed by atoms with Gasteiger partial charge in [0.25, 0.3) is 0 Å². The van der Waals surface area contributed by atoms with Crippen LogP contribution >= 0.6 is 0 Å². The molecule has 0 amide bonds. The molecule has 0 spiro atoms. The topological polar surface area (TPSA) is 57.5 Å². The van der Waals surface area contributed by atoms with E-state index in [0.717, 1.165) is 0 Å². The van der Waals surface area contributed by atoms with Gasteiger partial charge in [0, 0.05) is 32.7 Å². The molecule has 0 aromatic heterocycles. The van der Waals surface area contributed by atoms with Crippen LogP contribution in [0.4, 0.5) is 0 Å². The van der Waals surface area contributed by atoms with Gasteiger partial charge < -0.3 is 10.2 Å². The Labute approximate surface area is 60.2 Å². The molecular formula is C2H4O3Y. The zero-order valence-corrected chi connectivity index (χ0v) is 5.93. The van der Waals surface area contributed by atoms with Crippen molar-refractivity contribution < 1.29 is 47.7 Å². The first-order valence-corrected chi connectivity index (χ1v) is 1.10. The van der Waals surface area contributed by atoms with Gasteiger partial charge in [-0.15, -0.1) is 0 Å². The Morgan fingerprint density at radius 1 is 1.67 bits per heavy atom. The van der Waals surface area contributed by atoms with Gasteiger partial charge in [-0.2, -0.15) is 0 Å². The molecule has 0 aromatic rings. The normalized spacial score (nSPS) is 6.17. The molecule has 1 radical (unpaired) electrons. The van der Waals surface area contributed by atoms with E-state index in [2.05, 4.69) is 0 Å². The number of aliphatic carboxylic acids is 1. The largest absolute Gasteiger partial charge is 0.480 e. The quantitative estimate of drug-likeness (QED) is 0.527. The number of hydrogen-bond acceptors (Lipinski definition) is 2. The van der Waals surface area contributed by atoms with Crippen LogP contribution in [0.5, 0.6) is 0 Å². The van der Waals surface area contributed by atoms with Crippen LogP contribution in [0.15, 0.2) is 0 Å². The van der Waals surface area contributed by atoms with Crippen LogP contribution < -0.4 is 0 Å². The van der Waals surface area contributed by atoms with Gasteiger partial charge >= 0.3 is 5.97 Å². The second kappa shape index (κ2) is 5.53. The maximum Gasteiger partial charge on any atom is 0.329 e. The van der Waals surface area contributed by atoms with E-state index in [1.165, 1.54) is 0 Å². The molecule has 33 valence electrons. The Morgan fingerprint density at radius 3 is 1.83 bits per heavy atom. The van der Waals surface area contributed by atoms with Crippen molar-refractivity contribution in [1.82, 2.24) is 0 Å². The second-order valence-corrected chi connectivity index (χ2v) is 0.552. The van der Waals surface area contributed by atoms with Gasteiger partial charge in [-0.25, -0.2) is 4.79 Å². The van der Waals surface area contributed by atoms with E-state index in [1.807, 2.05) is 0 Å². The van der Waals surface area contributed by atoms with E-state index in [-0.39, 0.29) is 32.7 Å². The van der Waals surface area contributed by atoms with Crippen LogP contribution in [0.25, 0.3) is 0 Å². The van der Waals surface area contributed by atoms with Crippen LogP contribution in [0, 0.1) is 0 Å². The summed E-state index contributed by atoms with van der Waals surface area (Å²) in [4.78, 5) is 9.12. The van der Waals surface area contributed by atoms with Gasteiger partial charge in [0.1, 0.15) is 6.61 Å². The maximum atomic E-state index is 9.12. The molecule has 0 rings (SSSR count). The summed E-state index contributed by atoms with van der Waals surface area (Å²) in [5.41, 5.74) is 0. The van der Waals surface area contributed by atoms with Gasteiger partial charge in [-0.1, -0.05) is 0 Å². The third-order valence-corrected chi connectivity index (χ3v) is 0.135. The second-order valence-electron chi connectivity index (χ2n) is 0.552. The minimum absolute atomic E-state index is 0. The van der Waals surface area contributed by atoms with E-state index in [4.69, 9.17) is 15.0 Å². The summed E-state index contributed by atoms with van der Waals surface area (Å²) in [6, 6.07) is 0. The fourth-order valence-electron chi connectivity index (χ4n) is 0. The van der Waals surface area contributed by atoms with Gasteiger partial charge in [-0.3, -0.25) is 0 Å². The fourth-order valence-corrected chi connectivity index (χ4v) is 0. The molecule has 0 aliphatic carbocycles. The molecule has 3 nitrogen and oxygen atoms in total. The molecule has 0 atom stereocenters. The number of aliphatic hydroxyl groups excluding tert-OH is 1. The molecule has 0 aliphatic heterocycles. The van der Waals surface area contributed by atoms with Crippen molar-refractivity contribution in [3.63, 3.8) is 0 Å². The molecule has 0 heterocycles. The standard InChI is InChI=1S/C2H4O3.Y/c3-1-2(4)5;/h3H,1H2,(H,4,5);. The van der Waals surface area contributed by atoms with E-state index in [0.29, 0.717) is 0 Å². The van der Waals surface area contributed by atoms with E-state index in [1.54, 1.807) is 0 Å². The van der Waals surface area contributed by atoms with Gasteiger partial charge in [0.15, 0.2) is 0 Å². The number of hydrogen-bond donors (Lipinski definition) is 2. The molecule has 0 aliphatic rings. The number of rotatable bonds is 1. The van der Waals surface area contributed by atoms with Crippen molar-refractivity contribution in [1.29, 1.82) is 0 Å². The number of aliphatic hydroxyl groups is 1. The van der Waals surface area contributed by atoms with Crippen molar-refractivity contribution in [2.75, 3.05) is 6.61 Å². The molecule has 6 heavy (non-hydrogen) atoms. The van der Waals surface area contributed by atoms with Crippen LogP contribution in [-0.4, -0.2) is 22.8 Å². The SMILES string of the molecule is O=C(O)CO.[Y]. The first-order chi connectivity index (χ1) is 2.27. The Hall–Kier alpha value is 0.534. The molecule has 4 heteroatoms. The monoisotopic (exact) mass is 165 g/mol. The van der Waals surface area contributed by atoms with Gasteiger partial charge in [0.05, 0.1) is 0 Å². The summed E-state index contributed by atoms with van der Waals surface area (Å²) in [7, 11) is 0. The van der Waals surface area contributed by atoms with Gasteiger partial charge in [0.2, 0.25) is 0 Å².